The number of methoxy groups -OCH3 is 2. The molecule has 172 valence electrons. The molecule has 0 fully saturated rings. The number of fused-ring (bicyclic) bond motifs is 1. The summed E-state index contributed by atoms with van der Waals surface area (Å²) in [7, 11) is 3.21. The number of benzene rings is 1. The Kier molecular flexibility index (Phi) is 8.21. The number of thioether (sulfide) groups is 1. The lowest BCUT2D eigenvalue weighted by atomic mass is 9.95. The maximum Gasteiger partial charge on any atom is 0.315 e. The smallest absolute Gasteiger partial charge is 0.315 e. The van der Waals surface area contributed by atoms with E-state index in [0.29, 0.717) is 11.5 Å². The highest BCUT2D eigenvalue weighted by Crippen LogP contribution is 2.32. The summed E-state index contributed by atoms with van der Waals surface area (Å²) >= 11 is 1.73. The quantitative estimate of drug-likeness (QED) is 0.473. The van der Waals surface area contributed by atoms with Crippen molar-refractivity contribution < 1.29 is 14.3 Å². The SMILES string of the molecule is COc1ccc([C@H](NC(=O)N[C@@H](CCSC)c2nnc3ccccn23)C(C)C)cc1OC. The van der Waals surface area contributed by atoms with Crippen molar-refractivity contribution in [2.75, 3.05) is 26.2 Å². The summed E-state index contributed by atoms with van der Waals surface area (Å²) in [6.07, 6.45) is 4.70. The summed E-state index contributed by atoms with van der Waals surface area (Å²) in [6, 6.07) is 10.7. The van der Waals surface area contributed by atoms with E-state index in [0.717, 1.165) is 29.2 Å². The van der Waals surface area contributed by atoms with Gasteiger partial charge in [0.05, 0.1) is 26.3 Å². The third-order valence-electron chi connectivity index (χ3n) is 5.29. The van der Waals surface area contributed by atoms with E-state index in [1.54, 1.807) is 26.0 Å². The number of nitrogens with zero attached hydrogens (tertiary/aromatic N) is 3. The second-order valence-corrected chi connectivity index (χ2v) is 8.76. The minimum atomic E-state index is -0.266. The highest BCUT2D eigenvalue weighted by Gasteiger charge is 2.24. The normalized spacial score (nSPS) is 13.1. The Balaban J connectivity index is 1.80. The summed E-state index contributed by atoms with van der Waals surface area (Å²) in [5.74, 6) is 3.05. The fraction of sp³-hybridized carbons (Fsp3) is 0.435. The molecule has 0 saturated heterocycles. The van der Waals surface area contributed by atoms with E-state index in [1.165, 1.54) is 0 Å². The third-order valence-corrected chi connectivity index (χ3v) is 5.93. The molecule has 2 atom stereocenters. The van der Waals surface area contributed by atoms with Crippen LogP contribution in [0, 0.1) is 5.92 Å². The molecule has 9 heteroatoms. The Labute approximate surface area is 193 Å². The van der Waals surface area contributed by atoms with Crippen molar-refractivity contribution in [1.82, 2.24) is 25.2 Å². The molecule has 0 aliphatic heterocycles. The highest BCUT2D eigenvalue weighted by atomic mass is 32.2. The molecule has 32 heavy (non-hydrogen) atoms. The molecule has 0 aliphatic carbocycles. The van der Waals surface area contributed by atoms with Crippen LogP contribution in [0.4, 0.5) is 4.79 Å². The number of pyridine rings is 1. The molecular formula is C23H31N5O3S. The predicted octanol–water partition coefficient (Wildman–Crippen LogP) is 4.24. The number of rotatable bonds is 10. The van der Waals surface area contributed by atoms with Gasteiger partial charge in [0, 0.05) is 6.20 Å². The van der Waals surface area contributed by atoms with Gasteiger partial charge in [-0.3, -0.25) is 4.40 Å². The number of nitrogens with one attached hydrogen (secondary N) is 2. The minimum Gasteiger partial charge on any atom is -0.493 e. The highest BCUT2D eigenvalue weighted by molar-refractivity contribution is 7.98. The number of ether oxygens (including phenoxy) is 2. The second kappa shape index (κ2) is 11.1. The van der Waals surface area contributed by atoms with Gasteiger partial charge in [0.15, 0.2) is 23.0 Å². The molecule has 3 rings (SSSR count). The molecule has 2 heterocycles. The zero-order valence-corrected chi connectivity index (χ0v) is 20.0. The van der Waals surface area contributed by atoms with Crippen LogP contribution >= 0.6 is 11.8 Å². The van der Waals surface area contributed by atoms with Gasteiger partial charge < -0.3 is 20.1 Å². The largest absolute Gasteiger partial charge is 0.493 e. The van der Waals surface area contributed by atoms with E-state index in [4.69, 9.17) is 9.47 Å². The number of urea groups is 1. The van der Waals surface area contributed by atoms with E-state index in [1.807, 2.05) is 53.3 Å². The van der Waals surface area contributed by atoms with Gasteiger partial charge in [-0.2, -0.15) is 11.8 Å². The second-order valence-electron chi connectivity index (χ2n) is 7.78. The van der Waals surface area contributed by atoms with Crippen LogP contribution in [-0.4, -0.2) is 46.9 Å². The van der Waals surface area contributed by atoms with Crippen molar-refractivity contribution in [2.24, 2.45) is 5.92 Å². The summed E-state index contributed by atoms with van der Waals surface area (Å²) in [5.41, 5.74) is 1.70. The molecule has 3 aromatic rings. The zero-order chi connectivity index (χ0) is 23.1. The number of hydrogen-bond donors (Lipinski definition) is 2. The third kappa shape index (κ3) is 5.45. The molecule has 1 aromatic carbocycles. The fourth-order valence-electron chi connectivity index (χ4n) is 3.62. The van der Waals surface area contributed by atoms with E-state index in [-0.39, 0.29) is 24.0 Å². The maximum absolute atomic E-state index is 13.1. The predicted molar refractivity (Wildman–Crippen MR) is 128 cm³/mol. The standard InChI is InChI=1S/C23H31N5O3S/c1-15(2)21(16-9-10-18(30-3)19(14-16)31-4)25-23(29)24-17(11-13-32-5)22-27-26-20-8-6-7-12-28(20)22/h6-10,12,14-15,17,21H,11,13H2,1-5H3,(H2,24,25,29)/t17-,21+/m0/s1. The van der Waals surface area contributed by atoms with Gasteiger partial charge >= 0.3 is 6.03 Å². The average molecular weight is 458 g/mol. The molecule has 2 N–H and O–H groups in total. The molecule has 2 aromatic heterocycles. The molecule has 2 amide bonds. The molecule has 0 radical (unpaired) electrons. The summed E-state index contributed by atoms with van der Waals surface area (Å²) in [6.45, 7) is 4.14. The first kappa shape index (κ1) is 23.7. The summed E-state index contributed by atoms with van der Waals surface area (Å²) in [4.78, 5) is 13.1. The van der Waals surface area contributed by atoms with Crippen molar-refractivity contribution in [3.63, 3.8) is 0 Å². The Morgan fingerprint density at radius 1 is 1.09 bits per heavy atom. The number of aromatic nitrogens is 3. The zero-order valence-electron chi connectivity index (χ0n) is 19.2. The van der Waals surface area contributed by atoms with Gasteiger partial charge in [0.2, 0.25) is 0 Å². The van der Waals surface area contributed by atoms with Gasteiger partial charge in [0.25, 0.3) is 0 Å². The van der Waals surface area contributed by atoms with Crippen molar-refractivity contribution in [2.45, 2.75) is 32.4 Å². The minimum absolute atomic E-state index is 0.164. The van der Waals surface area contributed by atoms with Crippen LogP contribution in [0.5, 0.6) is 11.5 Å². The molecule has 0 saturated carbocycles. The Bertz CT molecular complexity index is 1040. The van der Waals surface area contributed by atoms with Crippen molar-refractivity contribution in [1.29, 1.82) is 0 Å². The number of carbonyl (C=O) groups is 1. The Morgan fingerprint density at radius 2 is 1.88 bits per heavy atom. The number of amides is 2. The monoisotopic (exact) mass is 457 g/mol. The van der Waals surface area contributed by atoms with E-state index < -0.39 is 0 Å². The van der Waals surface area contributed by atoms with Gasteiger partial charge in [-0.1, -0.05) is 26.0 Å². The number of hydrogen-bond acceptors (Lipinski definition) is 6. The Hall–Kier alpha value is -2.94. The van der Waals surface area contributed by atoms with Crippen LogP contribution < -0.4 is 20.1 Å². The van der Waals surface area contributed by atoms with Crippen LogP contribution in [-0.2, 0) is 0 Å². The van der Waals surface area contributed by atoms with E-state index in [2.05, 4.69) is 34.7 Å². The lowest BCUT2D eigenvalue weighted by Gasteiger charge is -2.25. The van der Waals surface area contributed by atoms with E-state index in [9.17, 15) is 4.79 Å². The van der Waals surface area contributed by atoms with Crippen molar-refractivity contribution in [3.05, 3.63) is 54.0 Å². The molecule has 8 nitrogen and oxygen atoms in total. The first-order valence-electron chi connectivity index (χ1n) is 10.6. The molecule has 0 aliphatic rings. The lowest BCUT2D eigenvalue weighted by Crippen LogP contribution is -2.42. The molecule has 0 spiro atoms. The fourth-order valence-corrected chi connectivity index (χ4v) is 4.09. The van der Waals surface area contributed by atoms with E-state index >= 15 is 0 Å². The van der Waals surface area contributed by atoms with Gasteiger partial charge in [0.1, 0.15) is 0 Å². The van der Waals surface area contributed by atoms with Crippen molar-refractivity contribution in [3.8, 4) is 11.5 Å². The maximum atomic E-state index is 13.1. The van der Waals surface area contributed by atoms with Gasteiger partial charge in [-0.05, 0) is 54.2 Å². The first-order chi connectivity index (χ1) is 15.5. The Morgan fingerprint density at radius 3 is 2.56 bits per heavy atom. The topological polar surface area (TPSA) is 89.8 Å². The van der Waals surface area contributed by atoms with Gasteiger partial charge in [-0.15, -0.1) is 10.2 Å². The summed E-state index contributed by atoms with van der Waals surface area (Å²) < 4.78 is 12.7. The molecule has 0 unspecified atom stereocenters. The van der Waals surface area contributed by atoms with Crippen LogP contribution in [0.3, 0.4) is 0 Å². The first-order valence-corrected chi connectivity index (χ1v) is 11.9. The van der Waals surface area contributed by atoms with Crippen LogP contribution in [0.15, 0.2) is 42.6 Å². The average Bonchev–Trinajstić information content (AvgIpc) is 3.23. The molecule has 0 bridgehead atoms. The van der Waals surface area contributed by atoms with Crippen LogP contribution in [0.25, 0.3) is 5.65 Å². The molecular weight excluding hydrogens is 426 g/mol. The van der Waals surface area contributed by atoms with Crippen molar-refractivity contribution >= 4 is 23.4 Å². The number of carbonyl (C=O) groups excluding carboxylic acids is 1. The summed E-state index contributed by atoms with van der Waals surface area (Å²) in [5, 5.41) is 14.8. The lowest BCUT2D eigenvalue weighted by molar-refractivity contribution is 0.228. The van der Waals surface area contributed by atoms with Crippen LogP contribution in [0.2, 0.25) is 0 Å². The van der Waals surface area contributed by atoms with Crippen LogP contribution in [0.1, 0.15) is 43.7 Å². The van der Waals surface area contributed by atoms with Gasteiger partial charge in [-0.25, -0.2) is 4.79 Å².